The molecular formula is C23H26N2O2. The molecule has 4 heteroatoms. The van der Waals surface area contributed by atoms with E-state index in [1.807, 2.05) is 36.1 Å². The first-order chi connectivity index (χ1) is 13.0. The van der Waals surface area contributed by atoms with Gasteiger partial charge in [0, 0.05) is 41.7 Å². The Kier molecular flexibility index (Phi) is 4.65. The van der Waals surface area contributed by atoms with Gasteiger partial charge in [0.25, 0.3) is 5.91 Å². The van der Waals surface area contributed by atoms with Crippen LogP contribution in [0.2, 0.25) is 0 Å². The molecule has 0 fully saturated rings. The number of carbonyl (C=O) groups excluding carboxylic acids is 1. The predicted octanol–water partition coefficient (Wildman–Crippen LogP) is 4.56. The minimum atomic E-state index is 0.0376. The summed E-state index contributed by atoms with van der Waals surface area (Å²) in [7, 11) is 0. The molecule has 140 valence electrons. The van der Waals surface area contributed by atoms with E-state index in [0.29, 0.717) is 12.5 Å². The highest BCUT2D eigenvalue weighted by Gasteiger charge is 2.24. The SMILES string of the molecule is Cc1ccc(OCC(=O)N2CCc3[nH]c4ccc(C(C)C)cc4c3C2)cc1. The lowest BCUT2D eigenvalue weighted by Crippen LogP contribution is -2.38. The summed E-state index contributed by atoms with van der Waals surface area (Å²) in [4.78, 5) is 18.1. The van der Waals surface area contributed by atoms with Gasteiger partial charge in [-0.15, -0.1) is 0 Å². The minimum absolute atomic E-state index is 0.0376. The van der Waals surface area contributed by atoms with Gasteiger partial charge in [0.1, 0.15) is 5.75 Å². The number of aromatic nitrogens is 1. The largest absolute Gasteiger partial charge is 0.484 e. The number of ether oxygens (including phenoxy) is 1. The third kappa shape index (κ3) is 3.57. The van der Waals surface area contributed by atoms with Crippen LogP contribution in [0.1, 0.15) is 42.1 Å². The zero-order chi connectivity index (χ0) is 19.0. The Labute approximate surface area is 160 Å². The fourth-order valence-corrected chi connectivity index (χ4v) is 3.67. The molecule has 0 atom stereocenters. The lowest BCUT2D eigenvalue weighted by Gasteiger charge is -2.27. The van der Waals surface area contributed by atoms with E-state index in [-0.39, 0.29) is 12.5 Å². The Balaban J connectivity index is 1.49. The lowest BCUT2D eigenvalue weighted by molar-refractivity contribution is -0.134. The zero-order valence-corrected chi connectivity index (χ0v) is 16.2. The summed E-state index contributed by atoms with van der Waals surface area (Å²) in [6, 6.07) is 14.4. The number of carbonyl (C=O) groups is 1. The molecule has 0 saturated carbocycles. The Morgan fingerprint density at radius 3 is 2.70 bits per heavy atom. The second-order valence-corrected chi connectivity index (χ2v) is 7.71. The summed E-state index contributed by atoms with van der Waals surface area (Å²) in [5.41, 5.74) is 6.18. The quantitative estimate of drug-likeness (QED) is 0.739. The van der Waals surface area contributed by atoms with E-state index in [4.69, 9.17) is 4.74 Å². The number of hydrogen-bond acceptors (Lipinski definition) is 2. The van der Waals surface area contributed by atoms with Crippen molar-refractivity contribution in [2.24, 2.45) is 0 Å². The van der Waals surface area contributed by atoms with Gasteiger partial charge in [0.05, 0.1) is 0 Å². The van der Waals surface area contributed by atoms with E-state index in [0.717, 1.165) is 24.2 Å². The van der Waals surface area contributed by atoms with E-state index < -0.39 is 0 Å². The van der Waals surface area contributed by atoms with Crippen LogP contribution in [0.15, 0.2) is 42.5 Å². The third-order valence-corrected chi connectivity index (χ3v) is 5.40. The van der Waals surface area contributed by atoms with Crippen molar-refractivity contribution < 1.29 is 9.53 Å². The summed E-state index contributed by atoms with van der Waals surface area (Å²) < 4.78 is 5.68. The van der Waals surface area contributed by atoms with Crippen molar-refractivity contribution in [3.05, 3.63) is 64.8 Å². The number of fused-ring (bicyclic) bond motifs is 3. The molecule has 1 aliphatic rings. The maximum absolute atomic E-state index is 12.7. The van der Waals surface area contributed by atoms with Gasteiger partial charge in [0.2, 0.25) is 0 Å². The molecular weight excluding hydrogens is 336 g/mol. The normalized spacial score (nSPS) is 13.9. The average molecular weight is 362 g/mol. The third-order valence-electron chi connectivity index (χ3n) is 5.40. The standard InChI is InChI=1S/C23H26N2O2/c1-15(2)17-6-9-21-19(12-17)20-13-25(11-10-22(20)24-21)23(26)14-27-18-7-4-16(3)5-8-18/h4-9,12,15,24H,10-11,13-14H2,1-3H3. The van der Waals surface area contributed by atoms with Gasteiger partial charge >= 0.3 is 0 Å². The highest BCUT2D eigenvalue weighted by Crippen LogP contribution is 2.30. The predicted molar refractivity (Wildman–Crippen MR) is 108 cm³/mol. The molecule has 4 rings (SSSR count). The van der Waals surface area contributed by atoms with Crippen molar-refractivity contribution in [1.82, 2.24) is 9.88 Å². The maximum Gasteiger partial charge on any atom is 0.260 e. The number of aromatic amines is 1. The average Bonchev–Trinajstić information content (AvgIpc) is 3.04. The molecule has 0 radical (unpaired) electrons. The van der Waals surface area contributed by atoms with Gasteiger partial charge < -0.3 is 14.6 Å². The number of nitrogens with one attached hydrogen (secondary N) is 1. The van der Waals surface area contributed by atoms with Crippen molar-refractivity contribution in [2.45, 2.75) is 39.7 Å². The van der Waals surface area contributed by atoms with Crippen LogP contribution in [0.4, 0.5) is 0 Å². The van der Waals surface area contributed by atoms with Crippen LogP contribution in [-0.4, -0.2) is 28.9 Å². The van der Waals surface area contributed by atoms with E-state index in [1.54, 1.807) is 0 Å². The smallest absolute Gasteiger partial charge is 0.260 e. The number of amides is 1. The molecule has 1 aliphatic heterocycles. The van der Waals surface area contributed by atoms with E-state index >= 15 is 0 Å². The van der Waals surface area contributed by atoms with E-state index in [9.17, 15) is 4.79 Å². The minimum Gasteiger partial charge on any atom is -0.484 e. The van der Waals surface area contributed by atoms with Crippen LogP contribution in [0.3, 0.4) is 0 Å². The van der Waals surface area contributed by atoms with Gasteiger partial charge in [-0.25, -0.2) is 0 Å². The van der Waals surface area contributed by atoms with Crippen molar-refractivity contribution in [3.63, 3.8) is 0 Å². The molecule has 2 heterocycles. The number of aryl methyl sites for hydroxylation is 1. The number of nitrogens with zero attached hydrogens (tertiary/aromatic N) is 1. The summed E-state index contributed by atoms with van der Waals surface area (Å²) in [6.07, 6.45) is 0.858. The van der Waals surface area contributed by atoms with Gasteiger partial charge in [0.15, 0.2) is 6.61 Å². The summed E-state index contributed by atoms with van der Waals surface area (Å²) >= 11 is 0. The van der Waals surface area contributed by atoms with Gasteiger partial charge in [-0.3, -0.25) is 4.79 Å². The van der Waals surface area contributed by atoms with Crippen molar-refractivity contribution >= 4 is 16.8 Å². The van der Waals surface area contributed by atoms with Crippen molar-refractivity contribution in [3.8, 4) is 5.75 Å². The van der Waals surface area contributed by atoms with E-state index in [1.165, 1.54) is 27.8 Å². The number of benzene rings is 2. The molecule has 0 saturated heterocycles. The van der Waals surface area contributed by atoms with Crippen LogP contribution in [0.5, 0.6) is 5.75 Å². The van der Waals surface area contributed by atoms with Crippen LogP contribution in [0.25, 0.3) is 10.9 Å². The molecule has 27 heavy (non-hydrogen) atoms. The van der Waals surface area contributed by atoms with Crippen LogP contribution in [-0.2, 0) is 17.8 Å². The Morgan fingerprint density at radius 2 is 1.96 bits per heavy atom. The monoisotopic (exact) mass is 362 g/mol. The lowest BCUT2D eigenvalue weighted by atomic mass is 9.98. The van der Waals surface area contributed by atoms with Gasteiger partial charge in [-0.1, -0.05) is 37.6 Å². The topological polar surface area (TPSA) is 45.3 Å². The Morgan fingerprint density at radius 1 is 1.19 bits per heavy atom. The van der Waals surface area contributed by atoms with Crippen LogP contribution < -0.4 is 4.74 Å². The van der Waals surface area contributed by atoms with Crippen molar-refractivity contribution in [2.75, 3.05) is 13.2 Å². The first-order valence-electron chi connectivity index (χ1n) is 9.62. The number of H-pyrrole nitrogens is 1. The number of rotatable bonds is 4. The molecule has 0 aliphatic carbocycles. The summed E-state index contributed by atoms with van der Waals surface area (Å²) in [6.45, 7) is 7.90. The zero-order valence-electron chi connectivity index (χ0n) is 16.2. The molecule has 4 nitrogen and oxygen atoms in total. The Bertz CT molecular complexity index is 970. The summed E-state index contributed by atoms with van der Waals surface area (Å²) in [5.74, 6) is 1.26. The van der Waals surface area contributed by atoms with Gasteiger partial charge in [-0.05, 0) is 42.7 Å². The van der Waals surface area contributed by atoms with Gasteiger partial charge in [-0.2, -0.15) is 0 Å². The molecule has 0 bridgehead atoms. The maximum atomic E-state index is 12.7. The van der Waals surface area contributed by atoms with Crippen LogP contribution in [0, 0.1) is 6.92 Å². The molecule has 2 aromatic carbocycles. The number of hydrogen-bond donors (Lipinski definition) is 1. The second-order valence-electron chi connectivity index (χ2n) is 7.71. The molecule has 0 unspecified atom stereocenters. The first kappa shape index (κ1) is 17.7. The second kappa shape index (κ2) is 7.10. The van der Waals surface area contributed by atoms with Crippen molar-refractivity contribution in [1.29, 1.82) is 0 Å². The molecule has 1 N–H and O–H groups in total. The molecule has 1 amide bonds. The van der Waals surface area contributed by atoms with Crippen LogP contribution >= 0.6 is 0 Å². The highest BCUT2D eigenvalue weighted by molar-refractivity contribution is 5.87. The molecule has 3 aromatic rings. The fraction of sp³-hybridized carbons (Fsp3) is 0.348. The highest BCUT2D eigenvalue weighted by atomic mass is 16.5. The molecule has 1 aromatic heterocycles. The Hall–Kier alpha value is -2.75. The van der Waals surface area contributed by atoms with E-state index in [2.05, 4.69) is 37.0 Å². The molecule has 0 spiro atoms. The first-order valence-corrected chi connectivity index (χ1v) is 9.62. The fourth-order valence-electron chi connectivity index (χ4n) is 3.67. The summed E-state index contributed by atoms with van der Waals surface area (Å²) in [5, 5.41) is 1.24.